The molecule has 0 saturated heterocycles. The first-order valence-corrected chi connectivity index (χ1v) is 8.79. The normalized spacial score (nSPS) is 13.3. The van der Waals surface area contributed by atoms with Crippen LogP contribution in [0, 0.1) is 10.1 Å². The van der Waals surface area contributed by atoms with E-state index in [0.29, 0.717) is 6.08 Å². The van der Waals surface area contributed by atoms with Gasteiger partial charge in [0, 0.05) is 6.42 Å². The zero-order valence-corrected chi connectivity index (χ0v) is 16.5. The summed E-state index contributed by atoms with van der Waals surface area (Å²) in [6.45, 7) is 0.969. The fourth-order valence-electron chi connectivity index (χ4n) is 2.03. The van der Waals surface area contributed by atoms with Crippen LogP contribution in [0.15, 0.2) is 59.1 Å². The van der Waals surface area contributed by atoms with E-state index >= 15 is 0 Å². The molecule has 0 spiro atoms. The maximum absolute atomic E-state index is 11.6. The summed E-state index contributed by atoms with van der Waals surface area (Å²) in [7, 11) is 0. The molecule has 1 rings (SSSR count). The smallest absolute Gasteiger partial charge is 0.479 e. The number of ether oxygens (including phenoxy) is 3. The van der Waals surface area contributed by atoms with Crippen LogP contribution < -0.4 is 0 Å². The lowest BCUT2D eigenvalue weighted by molar-refractivity contribution is -0.424. The summed E-state index contributed by atoms with van der Waals surface area (Å²) in [4.78, 5) is 33.3. The second-order valence-electron chi connectivity index (χ2n) is 5.47. The number of benzene rings is 1. The van der Waals surface area contributed by atoms with Crippen LogP contribution in [0.3, 0.4) is 0 Å². The van der Waals surface area contributed by atoms with E-state index in [9.17, 15) is 24.8 Å². The Morgan fingerprint density at radius 1 is 1.30 bits per heavy atom. The maximum atomic E-state index is 11.6. The second-order valence-corrected chi connectivity index (χ2v) is 5.86. The van der Waals surface area contributed by atoms with E-state index in [2.05, 4.69) is 5.16 Å². The number of hydrogen-bond acceptors (Lipinski definition) is 9. The van der Waals surface area contributed by atoms with Gasteiger partial charge in [0.25, 0.3) is 0 Å². The third-order valence-electron chi connectivity index (χ3n) is 3.41. The van der Waals surface area contributed by atoms with E-state index in [4.69, 9.17) is 31.0 Å². The van der Waals surface area contributed by atoms with Crippen LogP contribution in [0.5, 0.6) is 0 Å². The Morgan fingerprint density at radius 2 is 1.97 bits per heavy atom. The summed E-state index contributed by atoms with van der Waals surface area (Å²) in [5.41, 5.74) is 0.0119. The zero-order chi connectivity index (χ0) is 22.5. The number of aliphatic carboxylic acids is 1. The summed E-state index contributed by atoms with van der Waals surface area (Å²) < 4.78 is 14.9. The largest absolute Gasteiger partial charge is 0.508 e. The molecule has 11 nitrogen and oxygen atoms in total. The second kappa shape index (κ2) is 12.8. The number of carbonyl (C=O) groups excluding carboxylic acids is 1. The van der Waals surface area contributed by atoms with Crippen LogP contribution in [-0.4, -0.2) is 45.2 Å². The molecule has 2 N–H and O–H groups in total. The van der Waals surface area contributed by atoms with Crippen molar-refractivity contribution < 1.29 is 39.0 Å². The average Bonchev–Trinajstić information content (AvgIpc) is 2.73. The van der Waals surface area contributed by atoms with Crippen LogP contribution >= 0.6 is 11.6 Å². The van der Waals surface area contributed by atoms with Gasteiger partial charge in [-0.2, -0.15) is 0 Å². The molecule has 1 atom stereocenters. The number of allylic oxidation sites excluding steroid dienone is 2. The topological polar surface area (TPSA) is 158 Å². The van der Waals surface area contributed by atoms with Gasteiger partial charge in [0.2, 0.25) is 0 Å². The van der Waals surface area contributed by atoms with E-state index < -0.39 is 39.8 Å². The highest BCUT2D eigenvalue weighted by molar-refractivity contribution is 6.68. The van der Waals surface area contributed by atoms with Crippen LogP contribution in [0.2, 0.25) is 0 Å². The van der Waals surface area contributed by atoms with E-state index in [1.807, 2.05) is 0 Å². The van der Waals surface area contributed by atoms with Crippen LogP contribution in [0.1, 0.15) is 18.9 Å². The fourth-order valence-corrected chi connectivity index (χ4v) is 2.13. The molecule has 0 radical (unpaired) electrons. The molecule has 0 saturated carbocycles. The molecule has 0 amide bonds. The molecule has 30 heavy (non-hydrogen) atoms. The van der Waals surface area contributed by atoms with Crippen molar-refractivity contribution in [1.29, 1.82) is 0 Å². The minimum atomic E-state index is -1.58. The SMILES string of the molecule is C\C=C(OC(CCOC(=O)OCc1ccccc1)C(=O)O)/C(=C\C(Cl)=N\O)[N+](=O)[O-]. The molecule has 0 aliphatic carbocycles. The Kier molecular flexibility index (Phi) is 10.4. The summed E-state index contributed by atoms with van der Waals surface area (Å²) in [6.07, 6.45) is -1.08. The van der Waals surface area contributed by atoms with Crippen molar-refractivity contribution in [2.45, 2.75) is 26.1 Å². The van der Waals surface area contributed by atoms with Gasteiger partial charge < -0.3 is 24.5 Å². The highest BCUT2D eigenvalue weighted by Crippen LogP contribution is 2.18. The number of oxime groups is 1. The highest BCUT2D eigenvalue weighted by atomic mass is 35.5. The first-order chi connectivity index (χ1) is 14.3. The van der Waals surface area contributed by atoms with Crippen molar-refractivity contribution >= 4 is 28.9 Å². The molecular weight excluding hydrogens is 424 g/mol. The number of halogens is 1. The molecule has 1 aromatic rings. The number of hydrogen-bond donors (Lipinski definition) is 2. The minimum absolute atomic E-state index is 0.0224. The monoisotopic (exact) mass is 442 g/mol. The standard InChI is InChI=1S/C18H19ClN2O9/c1-2-14(13(21(26)27)10-16(19)20-25)30-15(17(22)23)8-9-28-18(24)29-11-12-6-4-3-5-7-12/h2-7,10,15,25H,8-9,11H2,1H3,(H,22,23)/b13-10+,14-2+,20-16-. The van der Waals surface area contributed by atoms with Crippen molar-refractivity contribution in [2.75, 3.05) is 6.61 Å². The van der Waals surface area contributed by atoms with E-state index in [1.165, 1.54) is 6.92 Å². The predicted octanol–water partition coefficient (Wildman–Crippen LogP) is 3.29. The van der Waals surface area contributed by atoms with Crippen molar-refractivity contribution in [1.82, 2.24) is 0 Å². The molecular formula is C18H19ClN2O9. The van der Waals surface area contributed by atoms with Gasteiger partial charge in [-0.05, 0) is 18.6 Å². The molecule has 0 heterocycles. The summed E-state index contributed by atoms with van der Waals surface area (Å²) >= 11 is 5.45. The Hall–Kier alpha value is -3.60. The van der Waals surface area contributed by atoms with E-state index in [-0.39, 0.29) is 19.6 Å². The van der Waals surface area contributed by atoms with Gasteiger partial charge in [0.1, 0.15) is 6.61 Å². The molecule has 0 fully saturated rings. The van der Waals surface area contributed by atoms with Crippen molar-refractivity contribution in [2.24, 2.45) is 5.16 Å². The molecule has 162 valence electrons. The molecule has 0 aliphatic rings. The quantitative estimate of drug-likeness (QED) is 0.0996. The summed E-state index contributed by atoms with van der Waals surface area (Å²) in [5.74, 6) is -1.87. The van der Waals surface area contributed by atoms with Crippen molar-refractivity contribution in [3.63, 3.8) is 0 Å². The Balaban J connectivity index is 2.66. The molecule has 0 aromatic heterocycles. The van der Waals surface area contributed by atoms with Crippen molar-refractivity contribution in [3.05, 3.63) is 69.6 Å². The predicted molar refractivity (Wildman–Crippen MR) is 104 cm³/mol. The average molecular weight is 443 g/mol. The van der Waals surface area contributed by atoms with E-state index in [1.54, 1.807) is 30.3 Å². The number of carboxylic acids is 1. The fraction of sp³-hybridized carbons (Fsp3) is 0.278. The summed E-state index contributed by atoms with van der Waals surface area (Å²) in [5, 5.41) is 31.0. The lowest BCUT2D eigenvalue weighted by Gasteiger charge is -2.16. The van der Waals surface area contributed by atoms with Gasteiger partial charge in [-0.25, -0.2) is 9.59 Å². The third-order valence-corrected chi connectivity index (χ3v) is 3.59. The lowest BCUT2D eigenvalue weighted by Crippen LogP contribution is -2.27. The zero-order valence-electron chi connectivity index (χ0n) is 15.8. The first kappa shape index (κ1) is 24.4. The minimum Gasteiger partial charge on any atom is -0.479 e. The number of carboxylic acid groups (broad SMARTS) is 1. The molecule has 1 aromatic carbocycles. The third kappa shape index (κ3) is 8.61. The van der Waals surface area contributed by atoms with Crippen LogP contribution in [0.25, 0.3) is 0 Å². The highest BCUT2D eigenvalue weighted by Gasteiger charge is 2.27. The first-order valence-electron chi connectivity index (χ1n) is 8.41. The van der Waals surface area contributed by atoms with Gasteiger partial charge in [-0.3, -0.25) is 10.1 Å². The Morgan fingerprint density at radius 3 is 2.50 bits per heavy atom. The van der Waals surface area contributed by atoms with Crippen LogP contribution in [-0.2, 0) is 25.6 Å². The Bertz CT molecular complexity index is 837. The van der Waals surface area contributed by atoms with Crippen molar-refractivity contribution in [3.8, 4) is 0 Å². The molecule has 1 unspecified atom stereocenters. The van der Waals surface area contributed by atoms with Gasteiger partial charge in [0.05, 0.1) is 17.6 Å². The van der Waals surface area contributed by atoms with Gasteiger partial charge in [-0.15, -0.1) is 0 Å². The number of nitro groups is 1. The molecule has 0 aliphatic heterocycles. The lowest BCUT2D eigenvalue weighted by atomic mass is 10.2. The number of nitrogens with zero attached hydrogens (tertiary/aromatic N) is 2. The van der Waals surface area contributed by atoms with Gasteiger partial charge in [-0.1, -0.05) is 47.1 Å². The molecule has 0 bridgehead atoms. The molecule has 12 heteroatoms. The summed E-state index contributed by atoms with van der Waals surface area (Å²) in [6, 6.07) is 8.83. The van der Waals surface area contributed by atoms with Gasteiger partial charge >= 0.3 is 17.8 Å². The maximum Gasteiger partial charge on any atom is 0.508 e. The Labute approximate surface area is 175 Å². The number of rotatable bonds is 11. The van der Waals surface area contributed by atoms with E-state index in [0.717, 1.165) is 11.6 Å². The number of carbonyl (C=O) groups is 2. The van der Waals surface area contributed by atoms with Gasteiger partial charge in [0.15, 0.2) is 17.0 Å². The van der Waals surface area contributed by atoms with Crippen LogP contribution in [0.4, 0.5) is 4.79 Å².